The summed E-state index contributed by atoms with van der Waals surface area (Å²) in [6.07, 6.45) is 6.72. The molecule has 0 atom stereocenters. The molecular formula is C11H17NS. The highest BCUT2D eigenvalue weighted by Gasteiger charge is 1.87. The summed E-state index contributed by atoms with van der Waals surface area (Å²) in [5, 5.41) is 7.62. The third-order valence-electron chi connectivity index (χ3n) is 1.84. The topological polar surface area (TPSA) is 12.0 Å². The Hall–Kier alpha value is -0.600. The maximum absolute atomic E-state index is 3.29. The van der Waals surface area contributed by atoms with Crippen LogP contribution in [-0.2, 0) is 6.42 Å². The number of thiophene rings is 1. The molecule has 0 fully saturated rings. The van der Waals surface area contributed by atoms with Crippen LogP contribution in [0, 0.1) is 0 Å². The first kappa shape index (κ1) is 10.5. The molecule has 0 saturated carbocycles. The van der Waals surface area contributed by atoms with Crippen LogP contribution in [-0.4, -0.2) is 13.1 Å². The van der Waals surface area contributed by atoms with Gasteiger partial charge in [-0.05, 0) is 48.3 Å². The van der Waals surface area contributed by atoms with Crippen LogP contribution in [0.25, 0.3) is 0 Å². The molecule has 0 aliphatic heterocycles. The van der Waals surface area contributed by atoms with Crippen LogP contribution in [0.4, 0.5) is 0 Å². The smallest absolute Gasteiger partial charge is 0.00144 e. The molecule has 13 heavy (non-hydrogen) atoms. The minimum absolute atomic E-state index is 1.07. The normalized spacial score (nSPS) is 11.2. The van der Waals surface area contributed by atoms with Gasteiger partial charge in [-0.2, -0.15) is 11.3 Å². The second kappa shape index (κ2) is 6.87. The molecule has 1 rings (SSSR count). The highest BCUT2D eigenvalue weighted by atomic mass is 32.1. The van der Waals surface area contributed by atoms with Gasteiger partial charge in [0, 0.05) is 0 Å². The molecule has 2 heteroatoms. The van der Waals surface area contributed by atoms with Crippen LogP contribution in [0.1, 0.15) is 18.9 Å². The Bertz CT molecular complexity index is 226. The van der Waals surface area contributed by atoms with Crippen molar-refractivity contribution >= 4 is 11.3 Å². The SMILES string of the molecule is CCNCCC=CCc1ccsc1. The van der Waals surface area contributed by atoms with Crippen LogP contribution in [0.2, 0.25) is 0 Å². The number of allylic oxidation sites excluding steroid dienone is 1. The molecule has 0 amide bonds. The fourth-order valence-electron chi connectivity index (χ4n) is 1.11. The molecule has 0 unspecified atom stereocenters. The Morgan fingerprint density at radius 2 is 2.38 bits per heavy atom. The van der Waals surface area contributed by atoms with E-state index in [-0.39, 0.29) is 0 Å². The number of hydrogen-bond donors (Lipinski definition) is 1. The Balaban J connectivity index is 2.05. The fourth-order valence-corrected chi connectivity index (χ4v) is 1.79. The zero-order chi connectivity index (χ0) is 9.36. The van der Waals surface area contributed by atoms with Crippen LogP contribution < -0.4 is 5.32 Å². The summed E-state index contributed by atoms with van der Waals surface area (Å²) in [6.45, 7) is 4.30. The first-order valence-electron chi connectivity index (χ1n) is 4.80. The van der Waals surface area contributed by atoms with Gasteiger partial charge in [0.15, 0.2) is 0 Å². The van der Waals surface area contributed by atoms with E-state index in [0.717, 1.165) is 25.9 Å². The van der Waals surface area contributed by atoms with E-state index in [0.29, 0.717) is 0 Å². The number of nitrogens with one attached hydrogen (secondary N) is 1. The van der Waals surface area contributed by atoms with Gasteiger partial charge in [0.1, 0.15) is 0 Å². The van der Waals surface area contributed by atoms with Crippen molar-refractivity contribution in [2.45, 2.75) is 19.8 Å². The molecule has 0 aromatic carbocycles. The van der Waals surface area contributed by atoms with E-state index in [1.165, 1.54) is 5.56 Å². The van der Waals surface area contributed by atoms with Gasteiger partial charge in [0.05, 0.1) is 0 Å². The third kappa shape index (κ3) is 4.86. The Morgan fingerprint density at radius 3 is 3.08 bits per heavy atom. The van der Waals surface area contributed by atoms with Crippen molar-refractivity contribution in [3.05, 3.63) is 34.5 Å². The van der Waals surface area contributed by atoms with Crippen LogP contribution in [0.15, 0.2) is 29.0 Å². The standard InChI is InChI=1S/C11H17NS/c1-2-12-8-5-3-4-6-11-7-9-13-10-11/h3-4,7,9-10,12H,2,5-6,8H2,1H3. The first-order valence-corrected chi connectivity index (χ1v) is 5.74. The van der Waals surface area contributed by atoms with Crippen LogP contribution in [0.5, 0.6) is 0 Å². The molecule has 1 N–H and O–H groups in total. The Labute approximate surface area is 84.5 Å². The molecular weight excluding hydrogens is 178 g/mol. The molecule has 1 aromatic heterocycles. The van der Waals surface area contributed by atoms with Crippen molar-refractivity contribution in [1.29, 1.82) is 0 Å². The summed E-state index contributed by atoms with van der Waals surface area (Å²) in [4.78, 5) is 0. The molecule has 0 aliphatic rings. The second-order valence-corrected chi connectivity index (χ2v) is 3.73. The summed E-state index contributed by atoms with van der Waals surface area (Å²) < 4.78 is 0. The quantitative estimate of drug-likeness (QED) is 0.543. The van der Waals surface area contributed by atoms with Crippen LogP contribution >= 0.6 is 11.3 Å². The number of hydrogen-bond acceptors (Lipinski definition) is 2. The van der Waals surface area contributed by atoms with Gasteiger partial charge in [-0.25, -0.2) is 0 Å². The van der Waals surface area contributed by atoms with Gasteiger partial charge in [-0.3, -0.25) is 0 Å². The lowest BCUT2D eigenvalue weighted by atomic mass is 10.2. The fraction of sp³-hybridized carbons (Fsp3) is 0.455. The van der Waals surface area contributed by atoms with Crippen molar-refractivity contribution < 1.29 is 0 Å². The van der Waals surface area contributed by atoms with Crippen LogP contribution in [0.3, 0.4) is 0 Å². The molecule has 1 nitrogen and oxygen atoms in total. The van der Waals surface area contributed by atoms with E-state index >= 15 is 0 Å². The average molecular weight is 195 g/mol. The van der Waals surface area contributed by atoms with E-state index < -0.39 is 0 Å². The predicted octanol–water partition coefficient (Wildman–Crippen LogP) is 2.85. The first-order chi connectivity index (χ1) is 6.43. The van der Waals surface area contributed by atoms with E-state index in [2.05, 4.69) is 41.2 Å². The minimum Gasteiger partial charge on any atom is -0.317 e. The molecule has 1 aromatic rings. The van der Waals surface area contributed by atoms with Gasteiger partial charge in [-0.15, -0.1) is 0 Å². The van der Waals surface area contributed by atoms with Crippen molar-refractivity contribution in [2.24, 2.45) is 0 Å². The maximum atomic E-state index is 3.29. The molecule has 0 spiro atoms. The molecule has 1 heterocycles. The summed E-state index contributed by atoms with van der Waals surface area (Å²) >= 11 is 1.77. The summed E-state index contributed by atoms with van der Waals surface area (Å²) in [5.41, 5.74) is 1.42. The van der Waals surface area contributed by atoms with E-state index in [9.17, 15) is 0 Å². The summed E-state index contributed by atoms with van der Waals surface area (Å²) in [7, 11) is 0. The Morgan fingerprint density at radius 1 is 1.46 bits per heavy atom. The molecule has 0 bridgehead atoms. The predicted molar refractivity (Wildman–Crippen MR) is 60.3 cm³/mol. The zero-order valence-electron chi connectivity index (χ0n) is 8.12. The third-order valence-corrected chi connectivity index (χ3v) is 2.57. The van der Waals surface area contributed by atoms with Crippen molar-refractivity contribution in [3.8, 4) is 0 Å². The van der Waals surface area contributed by atoms with E-state index in [4.69, 9.17) is 0 Å². The molecule has 0 radical (unpaired) electrons. The lowest BCUT2D eigenvalue weighted by Crippen LogP contribution is -2.12. The molecule has 0 saturated heterocycles. The highest BCUT2D eigenvalue weighted by Crippen LogP contribution is 2.06. The summed E-state index contributed by atoms with van der Waals surface area (Å²) in [6, 6.07) is 2.18. The number of rotatable bonds is 6. The lowest BCUT2D eigenvalue weighted by molar-refractivity contribution is 0.726. The van der Waals surface area contributed by atoms with Gasteiger partial charge in [0.25, 0.3) is 0 Å². The van der Waals surface area contributed by atoms with E-state index in [1.807, 2.05) is 0 Å². The van der Waals surface area contributed by atoms with E-state index in [1.54, 1.807) is 11.3 Å². The Kier molecular flexibility index (Phi) is 5.54. The highest BCUT2D eigenvalue weighted by molar-refractivity contribution is 7.07. The zero-order valence-corrected chi connectivity index (χ0v) is 8.94. The monoisotopic (exact) mass is 195 g/mol. The molecule has 72 valence electrons. The van der Waals surface area contributed by atoms with Gasteiger partial charge < -0.3 is 5.32 Å². The van der Waals surface area contributed by atoms with Crippen molar-refractivity contribution in [2.75, 3.05) is 13.1 Å². The molecule has 0 aliphatic carbocycles. The second-order valence-electron chi connectivity index (χ2n) is 2.95. The van der Waals surface area contributed by atoms with Gasteiger partial charge in [0.2, 0.25) is 0 Å². The summed E-state index contributed by atoms with van der Waals surface area (Å²) in [5.74, 6) is 0. The minimum atomic E-state index is 1.07. The van der Waals surface area contributed by atoms with Gasteiger partial charge in [-0.1, -0.05) is 19.1 Å². The van der Waals surface area contributed by atoms with Gasteiger partial charge >= 0.3 is 0 Å². The van der Waals surface area contributed by atoms with Crippen molar-refractivity contribution in [1.82, 2.24) is 5.32 Å². The lowest BCUT2D eigenvalue weighted by Gasteiger charge is -1.95. The largest absolute Gasteiger partial charge is 0.317 e. The van der Waals surface area contributed by atoms with Crippen molar-refractivity contribution in [3.63, 3.8) is 0 Å². The average Bonchev–Trinajstić information content (AvgIpc) is 2.63. The maximum Gasteiger partial charge on any atom is -0.00144 e.